The number of nitriles is 1. The normalized spacial score (nSPS) is 23.0. The van der Waals surface area contributed by atoms with Crippen LogP contribution in [0.1, 0.15) is 31.4 Å². The molecule has 0 aliphatic carbocycles. The second-order valence-electron chi connectivity index (χ2n) is 4.96. The van der Waals surface area contributed by atoms with Crippen molar-refractivity contribution >= 4 is 5.69 Å². The molecule has 0 saturated carbocycles. The van der Waals surface area contributed by atoms with E-state index in [2.05, 4.69) is 50.1 Å². The molecule has 1 heterocycles. The van der Waals surface area contributed by atoms with Gasteiger partial charge in [0, 0.05) is 31.1 Å². The molecule has 0 unspecified atom stereocenters. The van der Waals surface area contributed by atoms with Crippen molar-refractivity contribution in [2.24, 2.45) is 0 Å². The van der Waals surface area contributed by atoms with Crippen LogP contribution in [0.2, 0.25) is 0 Å². The number of rotatable bonds is 2. The predicted octanol–water partition coefficient (Wildman–Crippen LogP) is 2.87. The van der Waals surface area contributed by atoms with Crippen LogP contribution in [0.15, 0.2) is 18.2 Å². The largest absolute Gasteiger partial charge is 0.373 e. The predicted molar refractivity (Wildman–Crippen MR) is 66.7 cm³/mol. The van der Waals surface area contributed by atoms with Gasteiger partial charge in [0.2, 0.25) is 0 Å². The fourth-order valence-electron chi connectivity index (χ4n) is 2.64. The minimum Gasteiger partial charge on any atom is -0.373 e. The van der Waals surface area contributed by atoms with Crippen LogP contribution < -0.4 is 4.90 Å². The molecular weight excluding hydrogens is 196 g/mol. The summed E-state index contributed by atoms with van der Waals surface area (Å²) in [5.41, 5.74) is 3.99. The summed E-state index contributed by atoms with van der Waals surface area (Å²) in [7, 11) is 2.10. The Morgan fingerprint density at radius 3 is 2.88 bits per heavy atom. The molecule has 1 atom stereocenters. The maximum Gasteiger partial charge on any atom is 0.0631 e. The zero-order chi connectivity index (χ0) is 11.8. The standard InChI is InChI=1S/C14H18N2/c1-4-11-5-6-13-12(9-11)14(2,7-8-15)10-16(13)3/h5-6,9H,4,7,10H2,1-3H3/t14-/m1/s1. The van der Waals surface area contributed by atoms with Gasteiger partial charge in [0.1, 0.15) is 0 Å². The molecule has 0 bridgehead atoms. The number of hydrogen-bond acceptors (Lipinski definition) is 2. The van der Waals surface area contributed by atoms with Crippen molar-refractivity contribution in [3.8, 4) is 6.07 Å². The Bertz CT molecular complexity index is 445. The van der Waals surface area contributed by atoms with Gasteiger partial charge in [-0.25, -0.2) is 0 Å². The number of aryl methyl sites for hydroxylation is 1. The summed E-state index contributed by atoms with van der Waals surface area (Å²) in [5, 5.41) is 8.96. The molecule has 84 valence electrons. The van der Waals surface area contributed by atoms with Crippen molar-refractivity contribution in [3.63, 3.8) is 0 Å². The molecular formula is C14H18N2. The third kappa shape index (κ3) is 1.57. The van der Waals surface area contributed by atoms with Crippen LogP contribution in [0.5, 0.6) is 0 Å². The van der Waals surface area contributed by atoms with E-state index in [1.54, 1.807) is 0 Å². The van der Waals surface area contributed by atoms with Crippen LogP contribution in [0.3, 0.4) is 0 Å². The minimum atomic E-state index is 0.00398. The second kappa shape index (κ2) is 3.83. The lowest BCUT2D eigenvalue weighted by molar-refractivity contribution is 0.517. The van der Waals surface area contributed by atoms with Crippen molar-refractivity contribution in [1.29, 1.82) is 5.26 Å². The highest BCUT2D eigenvalue weighted by atomic mass is 15.1. The Hall–Kier alpha value is -1.49. The van der Waals surface area contributed by atoms with E-state index >= 15 is 0 Å². The van der Waals surface area contributed by atoms with E-state index < -0.39 is 0 Å². The summed E-state index contributed by atoms with van der Waals surface area (Å²) in [6.45, 7) is 5.31. The van der Waals surface area contributed by atoms with E-state index in [4.69, 9.17) is 5.26 Å². The Labute approximate surface area is 97.5 Å². The molecule has 0 saturated heterocycles. The minimum absolute atomic E-state index is 0.00398. The summed E-state index contributed by atoms with van der Waals surface area (Å²) in [4.78, 5) is 2.26. The number of hydrogen-bond donors (Lipinski definition) is 0. The first-order valence-corrected chi connectivity index (χ1v) is 5.82. The van der Waals surface area contributed by atoms with Gasteiger partial charge in [0.25, 0.3) is 0 Å². The lowest BCUT2D eigenvalue weighted by atomic mass is 9.81. The fourth-order valence-corrected chi connectivity index (χ4v) is 2.64. The highest BCUT2D eigenvalue weighted by Crippen LogP contribution is 2.42. The van der Waals surface area contributed by atoms with Gasteiger partial charge in [-0.15, -0.1) is 0 Å². The molecule has 1 aromatic rings. The zero-order valence-electron chi connectivity index (χ0n) is 10.2. The maximum absolute atomic E-state index is 8.96. The van der Waals surface area contributed by atoms with Crippen LogP contribution in [-0.4, -0.2) is 13.6 Å². The lowest BCUT2D eigenvalue weighted by Crippen LogP contribution is -2.28. The summed E-state index contributed by atoms with van der Waals surface area (Å²) in [6, 6.07) is 8.98. The Kier molecular flexibility index (Phi) is 2.63. The SMILES string of the molecule is CCc1ccc2c(c1)[C@](C)(CC#N)CN2C. The van der Waals surface area contributed by atoms with Crippen LogP contribution in [0.25, 0.3) is 0 Å². The van der Waals surface area contributed by atoms with E-state index in [1.165, 1.54) is 16.8 Å². The Balaban J connectivity index is 2.50. The van der Waals surface area contributed by atoms with Gasteiger partial charge in [-0.1, -0.05) is 26.0 Å². The van der Waals surface area contributed by atoms with Gasteiger partial charge in [0.05, 0.1) is 6.07 Å². The van der Waals surface area contributed by atoms with Gasteiger partial charge in [-0.2, -0.15) is 5.26 Å². The van der Waals surface area contributed by atoms with E-state index in [0.29, 0.717) is 6.42 Å². The molecule has 0 amide bonds. The van der Waals surface area contributed by atoms with Crippen molar-refractivity contribution in [2.45, 2.75) is 32.1 Å². The molecule has 0 aromatic heterocycles. The van der Waals surface area contributed by atoms with Crippen LogP contribution in [0.4, 0.5) is 5.69 Å². The lowest BCUT2D eigenvalue weighted by Gasteiger charge is -2.21. The zero-order valence-corrected chi connectivity index (χ0v) is 10.2. The number of nitrogens with zero attached hydrogens (tertiary/aromatic N) is 2. The van der Waals surface area contributed by atoms with Crippen LogP contribution >= 0.6 is 0 Å². The Morgan fingerprint density at radius 2 is 2.25 bits per heavy atom. The monoisotopic (exact) mass is 214 g/mol. The first kappa shape index (κ1) is 11.0. The third-order valence-electron chi connectivity index (χ3n) is 3.59. The highest BCUT2D eigenvalue weighted by Gasteiger charge is 2.37. The molecule has 16 heavy (non-hydrogen) atoms. The molecule has 2 heteroatoms. The first-order chi connectivity index (χ1) is 7.60. The van der Waals surface area contributed by atoms with Crippen molar-refractivity contribution < 1.29 is 0 Å². The topological polar surface area (TPSA) is 27.0 Å². The summed E-state index contributed by atoms with van der Waals surface area (Å²) in [6.07, 6.45) is 1.65. The van der Waals surface area contributed by atoms with Crippen LogP contribution in [-0.2, 0) is 11.8 Å². The molecule has 0 N–H and O–H groups in total. The fraction of sp³-hybridized carbons (Fsp3) is 0.500. The number of benzene rings is 1. The van der Waals surface area contributed by atoms with E-state index in [1.807, 2.05) is 0 Å². The second-order valence-corrected chi connectivity index (χ2v) is 4.96. The van der Waals surface area contributed by atoms with E-state index in [9.17, 15) is 0 Å². The van der Waals surface area contributed by atoms with Gasteiger partial charge >= 0.3 is 0 Å². The molecule has 1 aliphatic rings. The number of anilines is 1. The molecule has 2 nitrogen and oxygen atoms in total. The molecule has 2 rings (SSSR count). The molecule has 0 radical (unpaired) electrons. The van der Waals surface area contributed by atoms with Crippen LogP contribution in [0, 0.1) is 11.3 Å². The van der Waals surface area contributed by atoms with Gasteiger partial charge in [-0.05, 0) is 23.6 Å². The quantitative estimate of drug-likeness (QED) is 0.757. The maximum atomic E-state index is 8.96. The van der Waals surface area contributed by atoms with Crippen molar-refractivity contribution in [1.82, 2.24) is 0 Å². The Morgan fingerprint density at radius 1 is 1.50 bits per heavy atom. The van der Waals surface area contributed by atoms with Gasteiger partial charge < -0.3 is 4.90 Å². The smallest absolute Gasteiger partial charge is 0.0631 e. The summed E-state index contributed by atoms with van der Waals surface area (Å²) >= 11 is 0. The average molecular weight is 214 g/mol. The van der Waals surface area contributed by atoms with Crippen molar-refractivity contribution in [2.75, 3.05) is 18.5 Å². The number of fused-ring (bicyclic) bond motifs is 1. The highest BCUT2D eigenvalue weighted by molar-refractivity contribution is 5.63. The molecule has 1 aromatic carbocycles. The first-order valence-electron chi connectivity index (χ1n) is 5.82. The third-order valence-corrected chi connectivity index (χ3v) is 3.59. The molecule has 1 aliphatic heterocycles. The summed E-state index contributed by atoms with van der Waals surface area (Å²) in [5.74, 6) is 0. The van der Waals surface area contributed by atoms with E-state index in [0.717, 1.165) is 13.0 Å². The van der Waals surface area contributed by atoms with Gasteiger partial charge in [0.15, 0.2) is 0 Å². The van der Waals surface area contributed by atoms with E-state index in [-0.39, 0.29) is 5.41 Å². The summed E-state index contributed by atoms with van der Waals surface area (Å²) < 4.78 is 0. The number of likely N-dealkylation sites (N-methyl/N-ethyl adjacent to an activating group) is 1. The van der Waals surface area contributed by atoms with Crippen molar-refractivity contribution in [3.05, 3.63) is 29.3 Å². The van der Waals surface area contributed by atoms with Gasteiger partial charge in [-0.3, -0.25) is 0 Å². The molecule has 0 spiro atoms. The average Bonchev–Trinajstić information content (AvgIpc) is 2.51. The molecule has 0 fully saturated rings.